The molecule has 1 aliphatic rings. The molecule has 0 fully saturated rings. The molecule has 1 aromatic carbocycles. The average Bonchev–Trinajstić information content (AvgIpc) is 2.84. The lowest BCUT2D eigenvalue weighted by Gasteiger charge is -2.06. The van der Waals surface area contributed by atoms with Crippen LogP contribution >= 0.6 is 34.7 Å². The van der Waals surface area contributed by atoms with Crippen molar-refractivity contribution < 1.29 is 9.59 Å². The summed E-state index contributed by atoms with van der Waals surface area (Å²) in [6.07, 6.45) is 0. The molecule has 1 atom stereocenters. The van der Waals surface area contributed by atoms with Crippen LogP contribution in [0.25, 0.3) is 0 Å². The van der Waals surface area contributed by atoms with Gasteiger partial charge >= 0.3 is 4.87 Å². The van der Waals surface area contributed by atoms with Crippen LogP contribution in [0.3, 0.4) is 0 Å². The molecule has 1 aliphatic heterocycles. The number of thioether (sulfide) groups is 1. The normalized spacial score (nSPS) is 17.5. The monoisotopic (exact) mass is 311 g/mol. The number of H-pyrrole nitrogens is 1. The van der Waals surface area contributed by atoms with Crippen molar-refractivity contribution in [1.29, 1.82) is 0 Å². The molecule has 3 rings (SSSR count). The highest BCUT2D eigenvalue weighted by Gasteiger charge is 2.40. The molecule has 2 heterocycles. The number of carbonyl (C=O) groups excluding carboxylic acids is 2. The summed E-state index contributed by atoms with van der Waals surface area (Å²) in [6.45, 7) is 0. The van der Waals surface area contributed by atoms with Crippen molar-refractivity contribution in [2.75, 3.05) is 0 Å². The van der Waals surface area contributed by atoms with Gasteiger partial charge in [-0.25, -0.2) is 0 Å². The second kappa shape index (κ2) is 4.63. The Balaban J connectivity index is 2.02. The molecule has 0 aliphatic carbocycles. The Morgan fingerprint density at radius 3 is 2.58 bits per heavy atom. The van der Waals surface area contributed by atoms with Crippen molar-refractivity contribution in [2.45, 2.75) is 10.9 Å². The lowest BCUT2D eigenvalue weighted by molar-refractivity contribution is -0.111. The second-order valence-electron chi connectivity index (χ2n) is 3.93. The molecule has 0 unspecified atom stereocenters. The average molecular weight is 312 g/mol. The Morgan fingerprint density at radius 1 is 1.21 bits per heavy atom. The van der Waals surface area contributed by atoms with E-state index in [9.17, 15) is 14.4 Å². The third-order valence-electron chi connectivity index (χ3n) is 2.73. The van der Waals surface area contributed by atoms with Gasteiger partial charge in [0.15, 0.2) is 5.78 Å². The molecule has 7 heteroatoms. The Hall–Kier alpha value is -1.37. The van der Waals surface area contributed by atoms with Crippen molar-refractivity contribution in [3.63, 3.8) is 0 Å². The van der Waals surface area contributed by atoms with Gasteiger partial charge in [-0.15, -0.1) is 0 Å². The third-order valence-corrected chi connectivity index (χ3v) is 5.02. The third kappa shape index (κ3) is 2.16. The van der Waals surface area contributed by atoms with Crippen LogP contribution < -0.4 is 4.87 Å². The molecule has 0 amide bonds. The molecule has 0 bridgehead atoms. The smallest absolute Gasteiger partial charge is 0.305 e. The van der Waals surface area contributed by atoms with E-state index in [4.69, 9.17) is 11.6 Å². The summed E-state index contributed by atoms with van der Waals surface area (Å²) in [5, 5.41) is 0.764. The fourth-order valence-electron chi connectivity index (χ4n) is 1.87. The van der Waals surface area contributed by atoms with Crippen molar-refractivity contribution in [3.8, 4) is 0 Å². The van der Waals surface area contributed by atoms with Crippen LogP contribution in [0.1, 0.15) is 21.2 Å². The molecule has 4 nitrogen and oxygen atoms in total. The van der Waals surface area contributed by atoms with Crippen molar-refractivity contribution >= 4 is 45.6 Å². The van der Waals surface area contributed by atoms with E-state index in [1.807, 2.05) is 0 Å². The Labute approximate surface area is 120 Å². The standard InChI is InChI=1S/C12H6ClNO3S2/c13-6-3-1-5(2-4-6)8(15)7-9-10(19-11(7)16)14-12(17)18-9/h1-4,7H,(H,14,17)/t7-/m0/s1. The summed E-state index contributed by atoms with van der Waals surface area (Å²) in [5.74, 6) is -1.19. The van der Waals surface area contributed by atoms with Crippen LogP contribution in [-0.4, -0.2) is 15.9 Å². The molecule has 1 N–H and O–H groups in total. The number of hydrogen-bond acceptors (Lipinski definition) is 5. The quantitative estimate of drug-likeness (QED) is 0.684. The van der Waals surface area contributed by atoms with Crippen molar-refractivity contribution in [2.24, 2.45) is 0 Å². The topological polar surface area (TPSA) is 67.0 Å². The highest BCUT2D eigenvalue weighted by atomic mass is 35.5. The molecule has 1 aromatic heterocycles. The van der Waals surface area contributed by atoms with Crippen LogP contribution in [0, 0.1) is 0 Å². The predicted octanol–water partition coefficient (Wildman–Crippen LogP) is 2.69. The molecule has 0 saturated carbocycles. The summed E-state index contributed by atoms with van der Waals surface area (Å²) < 4.78 is 0. The van der Waals surface area contributed by atoms with Gasteiger partial charge in [-0.1, -0.05) is 22.9 Å². The summed E-state index contributed by atoms with van der Waals surface area (Å²) >= 11 is 7.59. The van der Waals surface area contributed by atoms with E-state index in [2.05, 4.69) is 4.98 Å². The molecule has 96 valence electrons. The maximum Gasteiger partial charge on any atom is 0.305 e. The zero-order valence-electron chi connectivity index (χ0n) is 9.31. The van der Waals surface area contributed by atoms with Gasteiger partial charge in [0.2, 0.25) is 5.12 Å². The summed E-state index contributed by atoms with van der Waals surface area (Å²) in [4.78, 5) is 38.3. The van der Waals surface area contributed by atoms with E-state index < -0.39 is 5.92 Å². The number of ketones is 1. The maximum absolute atomic E-state index is 12.4. The fraction of sp³-hybridized carbons (Fsp3) is 0.0833. The fourth-order valence-corrected chi connectivity index (χ4v) is 4.12. The summed E-state index contributed by atoms with van der Waals surface area (Å²) in [7, 11) is 0. The number of fused-ring (bicyclic) bond motifs is 1. The van der Waals surface area contributed by atoms with Gasteiger partial charge in [0.05, 0.1) is 9.90 Å². The van der Waals surface area contributed by atoms with E-state index >= 15 is 0 Å². The molecule has 19 heavy (non-hydrogen) atoms. The van der Waals surface area contributed by atoms with Gasteiger partial charge in [0.25, 0.3) is 0 Å². The zero-order chi connectivity index (χ0) is 13.6. The van der Waals surface area contributed by atoms with Crippen LogP contribution in [0.2, 0.25) is 5.02 Å². The number of aromatic amines is 1. The zero-order valence-corrected chi connectivity index (χ0v) is 11.7. The highest BCUT2D eigenvalue weighted by Crippen LogP contribution is 2.42. The molecule has 0 radical (unpaired) electrons. The minimum absolute atomic E-state index is 0.251. The van der Waals surface area contributed by atoms with E-state index in [0.717, 1.165) is 23.1 Å². The number of carbonyl (C=O) groups is 2. The van der Waals surface area contributed by atoms with E-state index in [0.29, 0.717) is 20.5 Å². The second-order valence-corrected chi connectivity index (χ2v) is 6.40. The van der Waals surface area contributed by atoms with Crippen LogP contribution in [0.5, 0.6) is 0 Å². The van der Waals surface area contributed by atoms with Crippen LogP contribution in [-0.2, 0) is 4.79 Å². The molecule has 0 spiro atoms. The van der Waals surface area contributed by atoms with Crippen molar-refractivity contribution in [1.82, 2.24) is 4.98 Å². The van der Waals surface area contributed by atoms with Gasteiger partial charge in [-0.3, -0.25) is 14.4 Å². The van der Waals surface area contributed by atoms with Crippen molar-refractivity contribution in [3.05, 3.63) is 49.4 Å². The van der Waals surface area contributed by atoms with E-state index in [1.54, 1.807) is 24.3 Å². The first-order valence-electron chi connectivity index (χ1n) is 5.31. The van der Waals surface area contributed by atoms with E-state index in [1.165, 1.54) is 0 Å². The Kier molecular flexibility index (Phi) is 3.08. The Bertz CT molecular complexity index is 732. The number of benzene rings is 1. The predicted molar refractivity (Wildman–Crippen MR) is 74.3 cm³/mol. The van der Waals surface area contributed by atoms with Gasteiger partial charge in [-0.05, 0) is 36.0 Å². The number of aromatic nitrogens is 1. The summed E-state index contributed by atoms with van der Waals surface area (Å²) in [6, 6.07) is 6.36. The number of halogens is 1. The van der Waals surface area contributed by atoms with Gasteiger partial charge in [0.1, 0.15) is 5.92 Å². The number of Topliss-reactive ketones (excluding diaryl/α,β-unsaturated/α-hetero) is 1. The SMILES string of the molecule is O=C1Sc2[nH]c(=O)sc2[C@@H]1C(=O)c1ccc(Cl)cc1. The highest BCUT2D eigenvalue weighted by molar-refractivity contribution is 8.14. The Morgan fingerprint density at radius 2 is 1.89 bits per heavy atom. The number of nitrogens with one attached hydrogen (secondary N) is 1. The van der Waals surface area contributed by atoms with Gasteiger partial charge in [-0.2, -0.15) is 0 Å². The van der Waals surface area contributed by atoms with Crippen LogP contribution in [0.15, 0.2) is 34.1 Å². The molecular formula is C12H6ClNO3S2. The number of rotatable bonds is 2. The molecule has 0 saturated heterocycles. The largest absolute Gasteiger partial charge is 0.307 e. The lowest BCUT2D eigenvalue weighted by atomic mass is 9.98. The number of thiazole rings is 1. The van der Waals surface area contributed by atoms with Gasteiger partial charge in [0, 0.05) is 10.6 Å². The molecule has 2 aromatic rings. The minimum Gasteiger partial charge on any atom is -0.307 e. The first-order valence-corrected chi connectivity index (χ1v) is 7.32. The summed E-state index contributed by atoms with van der Waals surface area (Å²) in [5.41, 5.74) is 0.414. The maximum atomic E-state index is 12.4. The first-order chi connectivity index (χ1) is 9.06. The van der Waals surface area contributed by atoms with E-state index in [-0.39, 0.29) is 15.8 Å². The molecular weight excluding hydrogens is 306 g/mol. The minimum atomic E-state index is -0.884. The number of hydrogen-bond donors (Lipinski definition) is 1. The lowest BCUT2D eigenvalue weighted by Crippen LogP contribution is -2.15. The van der Waals surface area contributed by atoms with Crippen LogP contribution in [0.4, 0.5) is 0 Å². The van der Waals surface area contributed by atoms with Gasteiger partial charge < -0.3 is 4.98 Å². The first kappa shape index (κ1) is 12.7.